The lowest BCUT2D eigenvalue weighted by Gasteiger charge is -2.36. The van der Waals surface area contributed by atoms with E-state index in [1.165, 1.54) is 5.56 Å². The van der Waals surface area contributed by atoms with Gasteiger partial charge in [0.2, 0.25) is 5.91 Å². The molecule has 1 aromatic carbocycles. The largest absolute Gasteiger partial charge is 0.352 e. The lowest BCUT2D eigenvalue weighted by Crippen LogP contribution is -2.53. The van der Waals surface area contributed by atoms with Gasteiger partial charge >= 0.3 is 0 Å². The molecule has 3 heterocycles. The second-order valence-corrected chi connectivity index (χ2v) is 7.68. The predicted octanol–water partition coefficient (Wildman–Crippen LogP) is 3.24. The first kappa shape index (κ1) is 24.2. The number of pyridine rings is 1. The van der Waals surface area contributed by atoms with Crippen molar-refractivity contribution >= 4 is 48.1 Å². The second kappa shape index (κ2) is 10.8. The number of carbonyl (C=O) groups excluding carboxylic acids is 1. The minimum atomic E-state index is -0.153. The molecule has 0 bridgehead atoms. The van der Waals surface area contributed by atoms with Crippen molar-refractivity contribution in [2.24, 2.45) is 0 Å². The van der Waals surface area contributed by atoms with Crippen molar-refractivity contribution in [3.8, 4) is 6.07 Å². The Balaban J connectivity index is 0.00000160. The Kier molecular flexibility index (Phi) is 8.75. The molecule has 4 rings (SSSR count). The molecular weight excluding hydrogens is 445 g/mol. The van der Waals surface area contributed by atoms with Gasteiger partial charge in [-0.25, -0.2) is 4.98 Å². The van der Waals surface area contributed by atoms with Crippen LogP contribution in [0.25, 0.3) is 0 Å². The Morgan fingerprint density at radius 1 is 1.17 bits per heavy atom. The van der Waals surface area contributed by atoms with Crippen LogP contribution in [-0.2, 0) is 4.79 Å². The lowest BCUT2D eigenvalue weighted by molar-refractivity contribution is -0.133. The Morgan fingerprint density at radius 3 is 2.63 bits per heavy atom. The lowest BCUT2D eigenvalue weighted by atomic mass is 9.96. The third-order valence-corrected chi connectivity index (χ3v) is 5.78. The SMILES string of the molecule is Cl.Cl.N#Cc1cccnc1N1CCN(C(=O)[C@H]2C[C@@H](c3cccc(Cl)c3)CN2)CC1. The topological polar surface area (TPSA) is 72.3 Å². The molecule has 2 fully saturated rings. The summed E-state index contributed by atoms with van der Waals surface area (Å²) < 4.78 is 0. The molecule has 1 amide bonds. The highest BCUT2D eigenvalue weighted by Crippen LogP contribution is 2.28. The minimum Gasteiger partial charge on any atom is -0.352 e. The number of piperazine rings is 1. The molecule has 1 aromatic heterocycles. The highest BCUT2D eigenvalue weighted by atomic mass is 35.5. The molecule has 0 unspecified atom stereocenters. The third-order valence-electron chi connectivity index (χ3n) is 5.55. The zero-order chi connectivity index (χ0) is 19.5. The molecule has 6 nitrogen and oxygen atoms in total. The number of hydrogen-bond donors (Lipinski definition) is 1. The number of nitrogens with one attached hydrogen (secondary N) is 1. The Hall–Kier alpha value is -2.04. The van der Waals surface area contributed by atoms with Crippen LogP contribution in [0.15, 0.2) is 42.6 Å². The van der Waals surface area contributed by atoms with E-state index in [9.17, 15) is 10.1 Å². The molecular formula is C21H24Cl3N5O. The minimum absolute atomic E-state index is 0. The van der Waals surface area contributed by atoms with Gasteiger partial charge in [0, 0.05) is 43.9 Å². The first-order valence-corrected chi connectivity index (χ1v) is 9.91. The number of carbonyl (C=O) groups is 1. The summed E-state index contributed by atoms with van der Waals surface area (Å²) in [4.78, 5) is 21.3. The van der Waals surface area contributed by atoms with Crippen molar-refractivity contribution in [2.75, 3.05) is 37.6 Å². The smallest absolute Gasteiger partial charge is 0.239 e. The number of nitriles is 1. The summed E-state index contributed by atoms with van der Waals surface area (Å²) in [6, 6.07) is 13.5. The van der Waals surface area contributed by atoms with Crippen LogP contribution in [0.3, 0.4) is 0 Å². The highest BCUT2D eigenvalue weighted by molar-refractivity contribution is 6.30. The fourth-order valence-electron chi connectivity index (χ4n) is 4.03. The van der Waals surface area contributed by atoms with E-state index in [1.807, 2.05) is 23.1 Å². The van der Waals surface area contributed by atoms with E-state index in [0.717, 1.165) is 18.0 Å². The number of amides is 1. The number of rotatable bonds is 3. The average Bonchev–Trinajstić information content (AvgIpc) is 3.24. The highest BCUT2D eigenvalue weighted by Gasteiger charge is 2.34. The van der Waals surface area contributed by atoms with Crippen LogP contribution in [0.1, 0.15) is 23.5 Å². The summed E-state index contributed by atoms with van der Waals surface area (Å²) in [7, 11) is 0. The Labute approximate surface area is 194 Å². The van der Waals surface area contributed by atoms with Crippen LogP contribution >= 0.6 is 36.4 Å². The summed E-state index contributed by atoms with van der Waals surface area (Å²) in [6.45, 7) is 3.43. The zero-order valence-electron chi connectivity index (χ0n) is 16.3. The van der Waals surface area contributed by atoms with E-state index in [4.69, 9.17) is 11.6 Å². The van der Waals surface area contributed by atoms with E-state index in [2.05, 4.69) is 27.3 Å². The number of hydrogen-bond acceptors (Lipinski definition) is 5. The van der Waals surface area contributed by atoms with E-state index in [1.54, 1.807) is 18.3 Å². The number of halogens is 3. The maximum absolute atomic E-state index is 13.0. The Bertz CT molecular complexity index is 912. The molecule has 0 aliphatic carbocycles. The summed E-state index contributed by atoms with van der Waals surface area (Å²) >= 11 is 6.10. The van der Waals surface area contributed by atoms with Crippen LogP contribution in [0.5, 0.6) is 0 Å². The van der Waals surface area contributed by atoms with Crippen LogP contribution in [0.4, 0.5) is 5.82 Å². The number of anilines is 1. The molecule has 2 atom stereocenters. The molecule has 30 heavy (non-hydrogen) atoms. The molecule has 2 saturated heterocycles. The monoisotopic (exact) mass is 467 g/mol. The molecule has 2 aliphatic heterocycles. The maximum atomic E-state index is 13.0. The number of nitrogens with zero attached hydrogens (tertiary/aromatic N) is 4. The van der Waals surface area contributed by atoms with Crippen LogP contribution in [0, 0.1) is 11.3 Å². The number of benzene rings is 1. The second-order valence-electron chi connectivity index (χ2n) is 7.25. The summed E-state index contributed by atoms with van der Waals surface area (Å²) in [5.41, 5.74) is 1.75. The van der Waals surface area contributed by atoms with Crippen molar-refractivity contribution in [3.63, 3.8) is 0 Å². The maximum Gasteiger partial charge on any atom is 0.239 e. The van der Waals surface area contributed by atoms with Gasteiger partial charge in [0.15, 0.2) is 0 Å². The molecule has 0 spiro atoms. The average molecular weight is 469 g/mol. The van der Waals surface area contributed by atoms with Crippen molar-refractivity contribution in [1.29, 1.82) is 5.26 Å². The van der Waals surface area contributed by atoms with Crippen molar-refractivity contribution < 1.29 is 4.79 Å². The van der Waals surface area contributed by atoms with Crippen molar-refractivity contribution in [3.05, 3.63) is 58.7 Å². The quantitative estimate of drug-likeness (QED) is 0.749. The Morgan fingerprint density at radius 2 is 1.93 bits per heavy atom. The molecule has 9 heteroatoms. The normalized spacial score (nSPS) is 20.7. The van der Waals surface area contributed by atoms with Crippen LogP contribution in [0.2, 0.25) is 5.02 Å². The van der Waals surface area contributed by atoms with E-state index in [0.29, 0.717) is 43.5 Å². The first-order valence-electron chi connectivity index (χ1n) is 9.53. The van der Waals surface area contributed by atoms with E-state index < -0.39 is 0 Å². The van der Waals surface area contributed by atoms with Gasteiger partial charge in [-0.15, -0.1) is 24.8 Å². The van der Waals surface area contributed by atoms with Gasteiger partial charge < -0.3 is 15.1 Å². The van der Waals surface area contributed by atoms with Crippen LogP contribution in [-0.4, -0.2) is 54.6 Å². The van der Waals surface area contributed by atoms with Gasteiger partial charge in [0.1, 0.15) is 11.9 Å². The van der Waals surface area contributed by atoms with E-state index in [-0.39, 0.29) is 36.8 Å². The van der Waals surface area contributed by atoms with Gasteiger partial charge in [-0.3, -0.25) is 4.79 Å². The fourth-order valence-corrected chi connectivity index (χ4v) is 4.23. The summed E-state index contributed by atoms with van der Waals surface area (Å²) in [6.07, 6.45) is 2.49. The number of aromatic nitrogens is 1. The van der Waals surface area contributed by atoms with E-state index >= 15 is 0 Å². The van der Waals surface area contributed by atoms with Gasteiger partial charge in [-0.05, 0) is 42.2 Å². The van der Waals surface area contributed by atoms with Gasteiger partial charge in [-0.2, -0.15) is 5.26 Å². The zero-order valence-corrected chi connectivity index (χ0v) is 18.7. The summed E-state index contributed by atoms with van der Waals surface area (Å²) in [5, 5.41) is 13.4. The molecule has 1 N–H and O–H groups in total. The van der Waals surface area contributed by atoms with Crippen molar-refractivity contribution in [1.82, 2.24) is 15.2 Å². The fraction of sp³-hybridized carbons (Fsp3) is 0.381. The molecule has 2 aliphatic rings. The third kappa shape index (κ3) is 5.16. The first-order chi connectivity index (χ1) is 13.7. The van der Waals surface area contributed by atoms with Gasteiger partial charge in [0.05, 0.1) is 11.6 Å². The molecule has 0 saturated carbocycles. The van der Waals surface area contributed by atoms with Gasteiger partial charge in [-0.1, -0.05) is 23.7 Å². The summed E-state index contributed by atoms with van der Waals surface area (Å²) in [5.74, 6) is 1.17. The molecule has 160 valence electrons. The predicted molar refractivity (Wildman–Crippen MR) is 123 cm³/mol. The van der Waals surface area contributed by atoms with Crippen LogP contribution < -0.4 is 10.2 Å². The molecule has 0 radical (unpaired) electrons. The van der Waals surface area contributed by atoms with Gasteiger partial charge in [0.25, 0.3) is 0 Å². The van der Waals surface area contributed by atoms with Crippen molar-refractivity contribution in [2.45, 2.75) is 18.4 Å². The molecule has 2 aromatic rings. The standard InChI is InChI=1S/C21H22ClN5O.2ClH/c22-18-5-1-3-15(11-18)17-12-19(25-14-17)21(28)27-9-7-26(8-10-27)20-16(13-23)4-2-6-24-20;;/h1-6,11,17,19,25H,7-10,12,14H2;2*1H/t17-,19-;;/m1../s1.